The molecule has 1 aromatic heterocycles. The third kappa shape index (κ3) is 3.76. The molecule has 0 radical (unpaired) electrons. The van der Waals surface area contributed by atoms with Gasteiger partial charge in [0.2, 0.25) is 10.0 Å². The minimum Gasteiger partial charge on any atom is -0.371 e. The van der Waals surface area contributed by atoms with E-state index in [1.54, 1.807) is 0 Å². The maximum atomic E-state index is 11.6. The molecule has 1 aromatic rings. The normalized spacial score (nSPS) is 19.7. The van der Waals surface area contributed by atoms with Gasteiger partial charge in [0.1, 0.15) is 11.1 Å². The van der Waals surface area contributed by atoms with Gasteiger partial charge in [-0.05, 0) is 12.8 Å². The van der Waals surface area contributed by atoms with Gasteiger partial charge < -0.3 is 4.74 Å². The van der Waals surface area contributed by atoms with Crippen molar-refractivity contribution in [3.05, 3.63) is 16.1 Å². The minimum absolute atomic E-state index is 0.0611. The molecule has 0 aromatic carbocycles. The highest BCUT2D eigenvalue weighted by atomic mass is 32.2. The minimum atomic E-state index is -3.31. The van der Waals surface area contributed by atoms with Gasteiger partial charge in [-0.1, -0.05) is 5.92 Å². The first-order chi connectivity index (χ1) is 9.00. The molecule has 1 saturated heterocycles. The lowest BCUT2D eigenvalue weighted by Crippen LogP contribution is -2.30. The van der Waals surface area contributed by atoms with Gasteiger partial charge in [0.25, 0.3) is 0 Å². The SMILES string of the molecule is C#CCN(Cc1csc([C@H]2CCCO2)n1)S(C)(=O)=O. The maximum absolute atomic E-state index is 11.6. The van der Waals surface area contributed by atoms with E-state index in [4.69, 9.17) is 11.2 Å². The number of ether oxygens (including phenoxy) is 1. The van der Waals surface area contributed by atoms with Crippen LogP contribution in [0.25, 0.3) is 0 Å². The quantitative estimate of drug-likeness (QED) is 0.771. The van der Waals surface area contributed by atoms with Crippen LogP contribution in [-0.4, -0.2) is 37.1 Å². The average Bonchev–Trinajstić information content (AvgIpc) is 2.97. The summed E-state index contributed by atoms with van der Waals surface area (Å²) in [5, 5.41) is 2.78. The number of rotatable bonds is 5. The predicted molar refractivity (Wildman–Crippen MR) is 74.1 cm³/mol. The van der Waals surface area contributed by atoms with Crippen molar-refractivity contribution in [3.8, 4) is 12.3 Å². The fraction of sp³-hybridized carbons (Fsp3) is 0.583. The zero-order chi connectivity index (χ0) is 13.9. The van der Waals surface area contributed by atoms with Gasteiger partial charge in [-0.2, -0.15) is 4.31 Å². The molecule has 1 fully saturated rings. The summed E-state index contributed by atoms with van der Waals surface area (Å²) >= 11 is 1.51. The van der Waals surface area contributed by atoms with Gasteiger partial charge >= 0.3 is 0 Å². The van der Waals surface area contributed by atoms with Gasteiger partial charge in [0, 0.05) is 12.0 Å². The first kappa shape index (κ1) is 14.5. The Morgan fingerprint density at radius 1 is 1.68 bits per heavy atom. The summed E-state index contributed by atoms with van der Waals surface area (Å²) < 4.78 is 29.9. The highest BCUT2D eigenvalue weighted by molar-refractivity contribution is 7.88. The molecular weight excluding hydrogens is 284 g/mol. The molecular formula is C12H16N2O3S2. The van der Waals surface area contributed by atoms with Crippen molar-refractivity contribution in [2.45, 2.75) is 25.5 Å². The van der Waals surface area contributed by atoms with Crippen LogP contribution in [0.4, 0.5) is 0 Å². The highest BCUT2D eigenvalue weighted by Gasteiger charge is 2.22. The molecule has 19 heavy (non-hydrogen) atoms. The maximum Gasteiger partial charge on any atom is 0.212 e. The Labute approximate surface area is 117 Å². The molecule has 5 nitrogen and oxygen atoms in total. The van der Waals surface area contributed by atoms with Gasteiger partial charge in [-0.15, -0.1) is 17.8 Å². The van der Waals surface area contributed by atoms with Crippen LogP contribution in [0.15, 0.2) is 5.38 Å². The van der Waals surface area contributed by atoms with Gasteiger partial charge in [-0.25, -0.2) is 13.4 Å². The average molecular weight is 300 g/mol. The number of sulfonamides is 1. The summed E-state index contributed by atoms with van der Waals surface area (Å²) in [6, 6.07) is 0. The second-order valence-corrected chi connectivity index (χ2v) is 7.29. The summed E-state index contributed by atoms with van der Waals surface area (Å²) in [6.07, 6.45) is 8.44. The lowest BCUT2D eigenvalue weighted by Gasteiger charge is -2.15. The lowest BCUT2D eigenvalue weighted by molar-refractivity contribution is 0.111. The van der Waals surface area contributed by atoms with Crippen molar-refractivity contribution < 1.29 is 13.2 Å². The van der Waals surface area contributed by atoms with Crippen molar-refractivity contribution in [2.75, 3.05) is 19.4 Å². The molecule has 2 rings (SSSR count). The Morgan fingerprint density at radius 2 is 2.47 bits per heavy atom. The molecule has 0 N–H and O–H groups in total. The number of thiazole rings is 1. The van der Waals surface area contributed by atoms with Crippen LogP contribution >= 0.6 is 11.3 Å². The molecule has 7 heteroatoms. The van der Waals surface area contributed by atoms with Gasteiger partial charge in [0.05, 0.1) is 25.0 Å². The molecule has 0 bridgehead atoms. The molecule has 0 saturated carbocycles. The van der Waals surface area contributed by atoms with Gasteiger partial charge in [0.15, 0.2) is 0 Å². The molecule has 0 amide bonds. The standard InChI is InChI=1S/C12H16N2O3S2/c1-3-6-14(19(2,15)16)8-10-9-18-12(13-10)11-5-4-7-17-11/h1,9,11H,4-8H2,2H3/t11-/m1/s1. The molecule has 104 valence electrons. The van der Waals surface area contributed by atoms with E-state index in [1.807, 2.05) is 5.38 Å². The third-order valence-electron chi connectivity index (χ3n) is 2.85. The molecule has 0 unspecified atom stereocenters. The number of nitrogens with zero attached hydrogens (tertiary/aromatic N) is 2. The Balaban J connectivity index is 2.08. The summed E-state index contributed by atoms with van der Waals surface area (Å²) in [4.78, 5) is 4.45. The number of aromatic nitrogens is 1. The Hall–Kier alpha value is -0.940. The van der Waals surface area contributed by atoms with E-state index in [0.29, 0.717) is 0 Å². The van der Waals surface area contributed by atoms with Crippen LogP contribution < -0.4 is 0 Å². The van der Waals surface area contributed by atoms with E-state index in [0.717, 1.165) is 36.4 Å². The smallest absolute Gasteiger partial charge is 0.212 e. The summed E-state index contributed by atoms with van der Waals surface area (Å²) in [5.41, 5.74) is 0.719. The fourth-order valence-electron chi connectivity index (χ4n) is 1.89. The van der Waals surface area contributed by atoms with Crippen molar-refractivity contribution in [2.24, 2.45) is 0 Å². The number of hydrogen-bond acceptors (Lipinski definition) is 5. The monoisotopic (exact) mass is 300 g/mol. The van der Waals surface area contributed by atoms with E-state index >= 15 is 0 Å². The van der Waals surface area contributed by atoms with Crippen LogP contribution in [-0.2, 0) is 21.3 Å². The topological polar surface area (TPSA) is 59.5 Å². The molecule has 1 aliphatic heterocycles. The van der Waals surface area contributed by atoms with Crippen molar-refractivity contribution >= 4 is 21.4 Å². The zero-order valence-electron chi connectivity index (χ0n) is 10.7. The van der Waals surface area contributed by atoms with Crippen LogP contribution in [0, 0.1) is 12.3 Å². The summed E-state index contributed by atoms with van der Waals surface area (Å²) in [5.74, 6) is 2.35. The first-order valence-electron chi connectivity index (χ1n) is 5.95. The number of terminal acetylenes is 1. The van der Waals surface area contributed by atoms with Gasteiger partial charge in [-0.3, -0.25) is 0 Å². The Morgan fingerprint density at radius 3 is 3.05 bits per heavy atom. The van der Waals surface area contributed by atoms with Crippen LogP contribution in [0.1, 0.15) is 29.6 Å². The summed E-state index contributed by atoms with van der Waals surface area (Å²) in [7, 11) is -3.31. The van der Waals surface area contributed by atoms with Crippen molar-refractivity contribution in [1.82, 2.24) is 9.29 Å². The molecule has 1 atom stereocenters. The van der Waals surface area contributed by atoms with Crippen LogP contribution in [0.2, 0.25) is 0 Å². The van der Waals surface area contributed by atoms with Crippen molar-refractivity contribution in [1.29, 1.82) is 0 Å². The Bertz CT molecular complexity index is 568. The summed E-state index contributed by atoms with van der Waals surface area (Å²) in [6.45, 7) is 1.05. The molecule has 1 aliphatic rings. The highest BCUT2D eigenvalue weighted by Crippen LogP contribution is 2.30. The fourth-order valence-corrected chi connectivity index (χ4v) is 3.46. The molecule has 0 aliphatic carbocycles. The molecule has 0 spiro atoms. The van der Waals surface area contributed by atoms with E-state index in [-0.39, 0.29) is 19.2 Å². The first-order valence-corrected chi connectivity index (χ1v) is 8.68. The van der Waals surface area contributed by atoms with Crippen LogP contribution in [0.5, 0.6) is 0 Å². The second kappa shape index (κ2) is 6.01. The zero-order valence-corrected chi connectivity index (χ0v) is 12.3. The Kier molecular flexibility index (Phi) is 4.58. The van der Waals surface area contributed by atoms with Crippen molar-refractivity contribution in [3.63, 3.8) is 0 Å². The van der Waals surface area contributed by atoms with E-state index in [1.165, 1.54) is 15.6 Å². The van der Waals surface area contributed by atoms with E-state index in [9.17, 15) is 8.42 Å². The number of hydrogen-bond donors (Lipinski definition) is 0. The predicted octanol–water partition coefficient (Wildman–Crippen LogP) is 1.39. The van der Waals surface area contributed by atoms with E-state index in [2.05, 4.69) is 10.9 Å². The lowest BCUT2D eigenvalue weighted by atomic mass is 10.2. The third-order valence-corrected chi connectivity index (χ3v) is 5.03. The second-order valence-electron chi connectivity index (χ2n) is 4.41. The van der Waals surface area contributed by atoms with Crippen LogP contribution in [0.3, 0.4) is 0 Å². The van der Waals surface area contributed by atoms with E-state index < -0.39 is 10.0 Å². The molecule has 2 heterocycles. The largest absolute Gasteiger partial charge is 0.371 e.